The number of aryl methyl sites for hydroxylation is 1. The number of hydrogen-bond acceptors (Lipinski definition) is 4. The van der Waals surface area contributed by atoms with Gasteiger partial charge in [0.25, 0.3) is 0 Å². The van der Waals surface area contributed by atoms with Gasteiger partial charge in [-0.1, -0.05) is 69.3 Å². The number of carbonyl (C=O) groups excluding carboxylic acids is 1. The third-order valence-electron chi connectivity index (χ3n) is 7.25. The fraction of sp³-hybridized carbons (Fsp3) is 0.355. The second-order valence-electron chi connectivity index (χ2n) is 11.2. The van der Waals surface area contributed by atoms with Crippen molar-refractivity contribution in [2.75, 3.05) is 17.7 Å². The molecule has 0 aromatic heterocycles. The maximum absolute atomic E-state index is 12.6. The quantitative estimate of drug-likeness (QED) is 0.211. The van der Waals surface area contributed by atoms with Crippen LogP contribution in [0.1, 0.15) is 44.7 Å². The van der Waals surface area contributed by atoms with Gasteiger partial charge in [0.05, 0.1) is 19.4 Å². The Balaban J connectivity index is 1.58. The maximum atomic E-state index is 12.6. The van der Waals surface area contributed by atoms with Crippen LogP contribution in [0.4, 0.5) is 16.2 Å². The molecule has 0 spiro atoms. The molecule has 7 nitrogen and oxygen atoms in total. The molecule has 0 bridgehead atoms. The summed E-state index contributed by atoms with van der Waals surface area (Å²) in [4.78, 5) is 24.0. The Morgan fingerprint density at radius 2 is 1.67 bits per heavy atom. The number of nitrogens with one attached hydrogen (secondary N) is 2. The Labute approximate surface area is 232 Å². The maximum Gasteiger partial charge on any atom is 0.409 e. The van der Waals surface area contributed by atoms with Gasteiger partial charge in [0.15, 0.2) is 8.32 Å². The van der Waals surface area contributed by atoms with Gasteiger partial charge in [-0.15, -0.1) is 0 Å². The highest BCUT2D eigenvalue weighted by atomic mass is 28.4. The number of methoxy groups -OCH3 is 1. The third kappa shape index (κ3) is 8.43. The Morgan fingerprint density at radius 3 is 2.31 bits per heavy atom. The van der Waals surface area contributed by atoms with Crippen molar-refractivity contribution in [1.29, 1.82) is 0 Å². The van der Waals surface area contributed by atoms with E-state index in [0.717, 1.165) is 22.3 Å². The van der Waals surface area contributed by atoms with Crippen molar-refractivity contribution in [2.45, 2.75) is 64.8 Å². The van der Waals surface area contributed by atoms with Crippen LogP contribution in [-0.2, 0) is 22.2 Å². The molecule has 0 aliphatic rings. The minimum absolute atomic E-state index is 0.0906. The van der Waals surface area contributed by atoms with Crippen molar-refractivity contribution in [3.8, 4) is 16.9 Å². The van der Waals surface area contributed by atoms with Crippen LogP contribution in [0.25, 0.3) is 11.1 Å². The number of amides is 2. The van der Waals surface area contributed by atoms with E-state index in [0.29, 0.717) is 43.0 Å². The Hall–Kier alpha value is -3.62. The van der Waals surface area contributed by atoms with Crippen LogP contribution < -0.4 is 15.4 Å². The van der Waals surface area contributed by atoms with Gasteiger partial charge in [-0.25, -0.2) is 4.79 Å². The van der Waals surface area contributed by atoms with Crippen molar-refractivity contribution in [2.24, 2.45) is 0 Å². The summed E-state index contributed by atoms with van der Waals surface area (Å²) in [6.45, 7) is 11.5. The molecule has 3 aromatic rings. The average Bonchev–Trinajstić information content (AvgIpc) is 2.87. The molecule has 3 aromatic carbocycles. The average molecular weight is 549 g/mol. The van der Waals surface area contributed by atoms with E-state index >= 15 is 0 Å². The first-order chi connectivity index (χ1) is 18.4. The first-order valence-corrected chi connectivity index (χ1v) is 16.1. The lowest BCUT2D eigenvalue weighted by molar-refractivity contribution is -0.116. The van der Waals surface area contributed by atoms with E-state index in [2.05, 4.69) is 44.5 Å². The molecule has 208 valence electrons. The summed E-state index contributed by atoms with van der Waals surface area (Å²) in [6, 6.07) is 21.0. The highest BCUT2D eigenvalue weighted by molar-refractivity contribution is 6.74. The Kier molecular flexibility index (Phi) is 9.94. The molecule has 2 amide bonds. The minimum Gasteiger partial charge on any atom is -0.496 e. The molecular weight excluding hydrogens is 508 g/mol. The topological polar surface area (TPSA) is 96.9 Å². The molecule has 0 fully saturated rings. The zero-order valence-corrected chi connectivity index (χ0v) is 24.8. The van der Waals surface area contributed by atoms with Crippen molar-refractivity contribution in [3.05, 3.63) is 77.9 Å². The molecule has 0 aliphatic carbocycles. The molecule has 39 heavy (non-hydrogen) atoms. The normalized spacial score (nSPS) is 11.6. The highest BCUT2D eigenvalue weighted by Gasteiger charge is 2.37. The van der Waals surface area contributed by atoms with E-state index in [1.807, 2.05) is 66.7 Å². The van der Waals surface area contributed by atoms with E-state index in [-0.39, 0.29) is 10.9 Å². The monoisotopic (exact) mass is 548 g/mol. The van der Waals surface area contributed by atoms with Gasteiger partial charge < -0.3 is 19.6 Å². The molecular formula is C31H40N2O5Si. The number of benzene rings is 3. The fourth-order valence-corrected chi connectivity index (χ4v) is 4.88. The van der Waals surface area contributed by atoms with Crippen molar-refractivity contribution >= 4 is 31.7 Å². The van der Waals surface area contributed by atoms with Gasteiger partial charge >= 0.3 is 6.09 Å². The van der Waals surface area contributed by atoms with Gasteiger partial charge in [0.2, 0.25) is 5.91 Å². The van der Waals surface area contributed by atoms with Gasteiger partial charge in [0, 0.05) is 29.3 Å². The SMILES string of the molecule is COc1cc(NC(=O)CCCc2ccc(-c3ccccc3)c(NC(=O)O)c2)ccc1CO[Si](C)(C)C(C)(C)C. The molecule has 0 aliphatic heterocycles. The second-order valence-corrected chi connectivity index (χ2v) is 16.0. The number of hydrogen-bond donors (Lipinski definition) is 3. The highest BCUT2D eigenvalue weighted by Crippen LogP contribution is 2.38. The number of ether oxygens (including phenoxy) is 1. The van der Waals surface area contributed by atoms with Crippen molar-refractivity contribution in [3.63, 3.8) is 0 Å². The van der Waals surface area contributed by atoms with E-state index in [1.165, 1.54) is 0 Å². The summed E-state index contributed by atoms with van der Waals surface area (Å²) in [5.41, 5.74) is 4.85. The Bertz CT molecular complexity index is 1290. The molecule has 3 rings (SSSR count). The third-order valence-corrected chi connectivity index (χ3v) is 11.7. The number of rotatable bonds is 11. The largest absolute Gasteiger partial charge is 0.496 e. The van der Waals surface area contributed by atoms with Crippen LogP contribution >= 0.6 is 0 Å². The summed E-state index contributed by atoms with van der Waals surface area (Å²) in [6.07, 6.45) is 0.486. The van der Waals surface area contributed by atoms with Gasteiger partial charge in [-0.2, -0.15) is 0 Å². The zero-order valence-electron chi connectivity index (χ0n) is 23.8. The number of anilines is 2. The fourth-order valence-electron chi connectivity index (χ4n) is 3.93. The molecule has 0 radical (unpaired) electrons. The summed E-state index contributed by atoms with van der Waals surface area (Å²) < 4.78 is 11.9. The van der Waals surface area contributed by atoms with Gasteiger partial charge in [-0.05, 0) is 54.2 Å². The molecule has 0 heterocycles. The number of carboxylic acid groups (broad SMARTS) is 1. The first kappa shape index (κ1) is 29.9. The lowest BCUT2D eigenvalue weighted by Gasteiger charge is -2.36. The van der Waals surface area contributed by atoms with E-state index in [4.69, 9.17) is 9.16 Å². The second kappa shape index (κ2) is 13.0. The summed E-state index contributed by atoms with van der Waals surface area (Å²) in [7, 11) is -0.279. The van der Waals surface area contributed by atoms with Crippen LogP contribution in [0, 0.1) is 0 Å². The summed E-state index contributed by atoms with van der Waals surface area (Å²) >= 11 is 0. The molecule has 0 unspecified atom stereocenters. The Morgan fingerprint density at radius 1 is 0.949 bits per heavy atom. The van der Waals surface area contributed by atoms with E-state index < -0.39 is 14.4 Å². The van der Waals surface area contributed by atoms with E-state index in [9.17, 15) is 14.7 Å². The smallest absolute Gasteiger partial charge is 0.409 e. The first-order valence-electron chi connectivity index (χ1n) is 13.2. The lowest BCUT2D eigenvalue weighted by Crippen LogP contribution is -2.40. The van der Waals surface area contributed by atoms with Crippen molar-refractivity contribution < 1.29 is 23.9 Å². The lowest BCUT2D eigenvalue weighted by atomic mass is 9.99. The molecule has 3 N–H and O–H groups in total. The minimum atomic E-state index is -1.90. The molecule has 0 atom stereocenters. The molecule has 8 heteroatoms. The molecule has 0 saturated heterocycles. The number of carbonyl (C=O) groups is 2. The predicted octanol–water partition coefficient (Wildman–Crippen LogP) is 7.94. The van der Waals surface area contributed by atoms with Crippen LogP contribution in [-0.4, -0.2) is 32.5 Å². The predicted molar refractivity (Wildman–Crippen MR) is 160 cm³/mol. The van der Waals surface area contributed by atoms with Crippen LogP contribution in [0.15, 0.2) is 66.7 Å². The van der Waals surface area contributed by atoms with Gasteiger partial charge in [-0.3, -0.25) is 10.1 Å². The van der Waals surface area contributed by atoms with Crippen LogP contribution in [0.5, 0.6) is 5.75 Å². The van der Waals surface area contributed by atoms with Gasteiger partial charge in [0.1, 0.15) is 5.75 Å². The standard InChI is InChI=1S/C31H40N2O5Si/c1-31(2,3)39(5,6)38-21-24-16-17-25(20-28(24)37-4)32-29(34)14-10-11-22-15-18-26(23-12-8-7-9-13-23)27(19-22)33-30(35)36/h7-9,12-13,15-20,33H,10-11,14,21H2,1-6H3,(H,32,34)(H,35,36). The zero-order chi connectivity index (χ0) is 28.6. The summed E-state index contributed by atoms with van der Waals surface area (Å²) in [5, 5.41) is 14.9. The van der Waals surface area contributed by atoms with E-state index in [1.54, 1.807) is 7.11 Å². The van der Waals surface area contributed by atoms with Crippen LogP contribution in [0.3, 0.4) is 0 Å². The van der Waals surface area contributed by atoms with Crippen LogP contribution in [0.2, 0.25) is 18.1 Å². The summed E-state index contributed by atoms with van der Waals surface area (Å²) in [5.74, 6) is 0.593. The van der Waals surface area contributed by atoms with Crippen molar-refractivity contribution in [1.82, 2.24) is 0 Å². The molecule has 0 saturated carbocycles.